The average molecular weight is 310 g/mol. The Morgan fingerprint density at radius 2 is 1.90 bits per heavy atom. The van der Waals surface area contributed by atoms with Gasteiger partial charge in [-0.25, -0.2) is 0 Å². The first kappa shape index (κ1) is 18.5. The van der Waals surface area contributed by atoms with Crippen LogP contribution in [-0.4, -0.2) is 26.0 Å². The van der Waals surface area contributed by atoms with Crippen molar-refractivity contribution in [1.82, 2.24) is 5.32 Å². The van der Waals surface area contributed by atoms with Gasteiger partial charge in [-0.15, -0.1) is 11.8 Å². The monoisotopic (exact) mass is 309 g/mol. The van der Waals surface area contributed by atoms with Crippen molar-refractivity contribution in [3.05, 3.63) is 29.8 Å². The molecule has 0 radical (unpaired) electrons. The number of hydrogen-bond donors (Lipinski definition) is 1. The van der Waals surface area contributed by atoms with Crippen molar-refractivity contribution in [2.45, 2.75) is 56.9 Å². The van der Waals surface area contributed by atoms with Gasteiger partial charge in [0, 0.05) is 25.1 Å². The van der Waals surface area contributed by atoms with Crippen molar-refractivity contribution in [2.75, 3.05) is 26.0 Å². The Hall–Kier alpha value is -0.510. The number of benzene rings is 1. The second-order valence-electron chi connectivity index (χ2n) is 5.43. The Bertz CT molecular complexity index is 357. The van der Waals surface area contributed by atoms with E-state index in [0.717, 1.165) is 19.7 Å². The molecule has 0 aliphatic rings. The molecule has 0 bridgehead atoms. The lowest BCUT2D eigenvalue weighted by atomic mass is 10.1. The fraction of sp³-hybridized carbons (Fsp3) is 0.667. The van der Waals surface area contributed by atoms with Gasteiger partial charge in [0.1, 0.15) is 0 Å². The lowest BCUT2D eigenvalue weighted by Crippen LogP contribution is -2.18. The number of unbranched alkanes of at least 4 members (excludes halogenated alkanes) is 5. The Balaban J connectivity index is 2.14. The van der Waals surface area contributed by atoms with E-state index < -0.39 is 0 Å². The van der Waals surface area contributed by atoms with Crippen LogP contribution in [0.2, 0.25) is 0 Å². The third-order valence-corrected chi connectivity index (χ3v) is 4.56. The number of thioether (sulfide) groups is 1. The van der Waals surface area contributed by atoms with Crippen LogP contribution in [-0.2, 0) is 11.3 Å². The van der Waals surface area contributed by atoms with Gasteiger partial charge >= 0.3 is 0 Å². The minimum Gasteiger partial charge on any atom is -0.383 e. The molecule has 21 heavy (non-hydrogen) atoms. The molecule has 120 valence electrons. The SMILES string of the molecule is CCCCCCCCSc1cccc(CNCCOC)c1. The molecule has 0 aliphatic heterocycles. The van der Waals surface area contributed by atoms with Crippen molar-refractivity contribution in [3.63, 3.8) is 0 Å². The second-order valence-corrected chi connectivity index (χ2v) is 6.60. The summed E-state index contributed by atoms with van der Waals surface area (Å²) < 4.78 is 5.04. The molecule has 0 aromatic heterocycles. The zero-order valence-corrected chi connectivity index (χ0v) is 14.5. The summed E-state index contributed by atoms with van der Waals surface area (Å²) in [5.74, 6) is 1.24. The number of nitrogens with one attached hydrogen (secondary N) is 1. The third kappa shape index (κ3) is 9.94. The molecule has 0 fully saturated rings. The molecule has 0 saturated carbocycles. The molecule has 0 aliphatic carbocycles. The highest BCUT2D eigenvalue weighted by atomic mass is 32.2. The molecule has 0 saturated heterocycles. The zero-order chi connectivity index (χ0) is 15.2. The largest absolute Gasteiger partial charge is 0.383 e. The first-order valence-electron chi connectivity index (χ1n) is 8.28. The van der Waals surface area contributed by atoms with Gasteiger partial charge in [-0.05, 0) is 29.9 Å². The summed E-state index contributed by atoms with van der Waals surface area (Å²) in [6, 6.07) is 8.88. The van der Waals surface area contributed by atoms with Crippen molar-refractivity contribution < 1.29 is 4.74 Å². The summed E-state index contributed by atoms with van der Waals surface area (Å²) in [5, 5.41) is 3.39. The molecule has 1 aromatic carbocycles. The van der Waals surface area contributed by atoms with Crippen LogP contribution in [0.4, 0.5) is 0 Å². The highest BCUT2D eigenvalue weighted by Crippen LogP contribution is 2.21. The zero-order valence-electron chi connectivity index (χ0n) is 13.7. The summed E-state index contributed by atoms with van der Waals surface area (Å²) in [5.41, 5.74) is 1.36. The molecule has 0 heterocycles. The van der Waals surface area contributed by atoms with Gasteiger partial charge in [-0.3, -0.25) is 0 Å². The topological polar surface area (TPSA) is 21.3 Å². The van der Waals surface area contributed by atoms with Crippen molar-refractivity contribution in [2.24, 2.45) is 0 Å². The molecule has 0 unspecified atom stereocenters. The number of hydrogen-bond acceptors (Lipinski definition) is 3. The summed E-state index contributed by atoms with van der Waals surface area (Å²) >= 11 is 1.99. The van der Waals surface area contributed by atoms with E-state index in [9.17, 15) is 0 Å². The Morgan fingerprint density at radius 3 is 2.71 bits per heavy atom. The van der Waals surface area contributed by atoms with Crippen LogP contribution in [0.15, 0.2) is 29.2 Å². The third-order valence-electron chi connectivity index (χ3n) is 3.48. The minimum atomic E-state index is 0.770. The molecule has 3 heteroatoms. The summed E-state index contributed by atoms with van der Waals surface area (Å²) in [4.78, 5) is 1.40. The van der Waals surface area contributed by atoms with Crippen LogP contribution in [0, 0.1) is 0 Å². The normalized spacial score (nSPS) is 11.0. The van der Waals surface area contributed by atoms with Gasteiger partial charge in [-0.2, -0.15) is 0 Å². The van der Waals surface area contributed by atoms with Crippen LogP contribution in [0.5, 0.6) is 0 Å². The van der Waals surface area contributed by atoms with Crippen molar-refractivity contribution >= 4 is 11.8 Å². The van der Waals surface area contributed by atoms with Crippen LogP contribution in [0.3, 0.4) is 0 Å². The highest BCUT2D eigenvalue weighted by molar-refractivity contribution is 7.99. The van der Waals surface area contributed by atoms with E-state index >= 15 is 0 Å². The molecule has 0 amide bonds. The lowest BCUT2D eigenvalue weighted by Gasteiger charge is -2.07. The smallest absolute Gasteiger partial charge is 0.0587 e. The summed E-state index contributed by atoms with van der Waals surface area (Å²) in [7, 11) is 1.74. The van der Waals surface area contributed by atoms with E-state index in [1.54, 1.807) is 7.11 Å². The Kier molecular flexibility index (Phi) is 11.6. The fourth-order valence-electron chi connectivity index (χ4n) is 2.22. The van der Waals surface area contributed by atoms with Crippen LogP contribution < -0.4 is 5.32 Å². The predicted molar refractivity (Wildman–Crippen MR) is 94.1 cm³/mol. The second kappa shape index (κ2) is 13.2. The summed E-state index contributed by atoms with van der Waals surface area (Å²) in [6.45, 7) is 4.87. The van der Waals surface area contributed by atoms with E-state index in [0.29, 0.717) is 0 Å². The van der Waals surface area contributed by atoms with Gasteiger partial charge in [0.2, 0.25) is 0 Å². The standard InChI is InChI=1S/C18H31NOS/c1-3-4-5-6-7-8-14-21-18-11-9-10-17(15-18)16-19-12-13-20-2/h9-11,15,19H,3-8,12-14,16H2,1-2H3. The van der Waals surface area contributed by atoms with E-state index in [1.807, 2.05) is 11.8 Å². The van der Waals surface area contributed by atoms with E-state index in [1.165, 1.54) is 54.7 Å². The maximum absolute atomic E-state index is 5.04. The molecule has 0 spiro atoms. The Morgan fingerprint density at radius 1 is 1.10 bits per heavy atom. The lowest BCUT2D eigenvalue weighted by molar-refractivity contribution is 0.199. The van der Waals surface area contributed by atoms with Crippen molar-refractivity contribution in [3.8, 4) is 0 Å². The van der Waals surface area contributed by atoms with Gasteiger partial charge in [0.15, 0.2) is 0 Å². The number of ether oxygens (including phenoxy) is 1. The van der Waals surface area contributed by atoms with Gasteiger partial charge in [0.25, 0.3) is 0 Å². The molecule has 1 aromatic rings. The highest BCUT2D eigenvalue weighted by Gasteiger charge is 1.98. The van der Waals surface area contributed by atoms with E-state index in [4.69, 9.17) is 4.74 Å². The van der Waals surface area contributed by atoms with Crippen LogP contribution >= 0.6 is 11.8 Å². The van der Waals surface area contributed by atoms with Gasteiger partial charge in [0.05, 0.1) is 6.61 Å². The number of rotatable bonds is 13. The quantitative estimate of drug-likeness (QED) is 0.415. The minimum absolute atomic E-state index is 0.770. The maximum atomic E-state index is 5.04. The number of methoxy groups -OCH3 is 1. The molecule has 0 atom stereocenters. The summed E-state index contributed by atoms with van der Waals surface area (Å²) in [6.07, 6.45) is 8.25. The maximum Gasteiger partial charge on any atom is 0.0587 e. The molecule has 1 rings (SSSR count). The first-order chi connectivity index (χ1) is 10.4. The molecular formula is C18H31NOS. The fourth-order valence-corrected chi connectivity index (χ4v) is 3.22. The molecular weight excluding hydrogens is 278 g/mol. The molecule has 2 nitrogen and oxygen atoms in total. The van der Waals surface area contributed by atoms with Crippen molar-refractivity contribution in [1.29, 1.82) is 0 Å². The van der Waals surface area contributed by atoms with Gasteiger partial charge < -0.3 is 10.1 Å². The average Bonchev–Trinajstić information content (AvgIpc) is 2.51. The van der Waals surface area contributed by atoms with Crippen LogP contribution in [0.1, 0.15) is 51.0 Å². The Labute approximate surface area is 135 Å². The molecule has 1 N–H and O–H groups in total. The van der Waals surface area contributed by atoms with Gasteiger partial charge in [-0.1, -0.05) is 51.2 Å². The van der Waals surface area contributed by atoms with E-state index in [-0.39, 0.29) is 0 Å². The van der Waals surface area contributed by atoms with Crippen LogP contribution in [0.25, 0.3) is 0 Å². The van der Waals surface area contributed by atoms with E-state index in [2.05, 4.69) is 36.5 Å². The predicted octanol–water partition coefficient (Wildman–Crippen LogP) is 4.88. The first-order valence-corrected chi connectivity index (χ1v) is 9.26.